The monoisotopic (exact) mass is 227 g/mol. The molecule has 0 heterocycles. The molecule has 0 aliphatic heterocycles. The molecule has 0 saturated heterocycles. The fraction of sp³-hybridized carbons (Fsp3) is 0.500. The van der Waals surface area contributed by atoms with Gasteiger partial charge in [-0.15, -0.1) is 0 Å². The maximum Gasteiger partial charge on any atom is 0.141 e. The van der Waals surface area contributed by atoms with E-state index in [0.717, 1.165) is 18.9 Å². The molecule has 0 bridgehead atoms. The van der Waals surface area contributed by atoms with E-state index in [0.29, 0.717) is 0 Å². The van der Waals surface area contributed by atoms with Crippen LogP contribution in [0.25, 0.3) is 0 Å². The van der Waals surface area contributed by atoms with Crippen molar-refractivity contribution in [2.45, 2.75) is 38.2 Å². The number of nitrogens with two attached hydrogens (primary N) is 1. The van der Waals surface area contributed by atoms with Gasteiger partial charge in [0, 0.05) is 6.07 Å². The second kappa shape index (κ2) is 6.33. The highest BCUT2D eigenvalue weighted by molar-refractivity contribution is 5.50. The normalized spacial score (nSPS) is 16.4. The maximum atomic E-state index is 12.1. The van der Waals surface area contributed by atoms with Crippen LogP contribution < -0.4 is 5.73 Å². The van der Waals surface area contributed by atoms with E-state index in [1.165, 1.54) is 31.4 Å². The number of nitrogen functional groups attached to an aromatic ring is 1. The minimum atomic E-state index is -0.485. The lowest BCUT2D eigenvalue weighted by molar-refractivity contribution is 0.130. The molecule has 1 aliphatic rings. The van der Waals surface area contributed by atoms with Gasteiger partial charge in [-0.25, -0.2) is 4.39 Å². The number of rotatable bonds is 0. The Labute approximate surface area is 94.7 Å². The van der Waals surface area contributed by atoms with Gasteiger partial charge in [0.05, 0.1) is 11.8 Å². The van der Waals surface area contributed by atoms with E-state index in [-0.39, 0.29) is 17.5 Å². The van der Waals surface area contributed by atoms with E-state index in [1.54, 1.807) is 0 Å². The van der Waals surface area contributed by atoms with Crippen molar-refractivity contribution >= 4 is 5.69 Å². The summed E-state index contributed by atoms with van der Waals surface area (Å²) < 4.78 is 12.1. The minimum Gasteiger partial charge on any atom is -0.506 e. The average Bonchev–Trinajstić information content (AvgIpc) is 2.26. The minimum absolute atomic E-state index is 0.0359. The Balaban J connectivity index is 0.000000165. The highest BCUT2D eigenvalue weighted by Gasteiger charge is 2.07. The number of aliphatic hydroxyl groups is 1. The molecule has 0 atom stereocenters. The molecule has 3 nitrogen and oxygen atoms in total. The van der Waals surface area contributed by atoms with Crippen LogP contribution in [0, 0.1) is 5.82 Å². The quantitative estimate of drug-likeness (QED) is 0.471. The molecule has 0 spiro atoms. The van der Waals surface area contributed by atoms with Crippen LogP contribution >= 0.6 is 0 Å². The summed E-state index contributed by atoms with van der Waals surface area (Å²) in [7, 11) is 0. The molecule has 0 unspecified atom stereocenters. The molecule has 1 aromatic rings. The zero-order valence-corrected chi connectivity index (χ0v) is 9.19. The van der Waals surface area contributed by atoms with Gasteiger partial charge >= 0.3 is 0 Å². The first-order chi connectivity index (χ1) is 7.59. The third-order valence-corrected chi connectivity index (χ3v) is 2.57. The number of phenolic OH excluding ortho intramolecular Hbond substituents is 1. The number of hydrogen-bond donors (Lipinski definition) is 3. The molecule has 2 rings (SSSR count). The van der Waals surface area contributed by atoms with Crippen LogP contribution in [0.2, 0.25) is 0 Å². The van der Waals surface area contributed by atoms with Gasteiger partial charge in [0.2, 0.25) is 0 Å². The summed E-state index contributed by atoms with van der Waals surface area (Å²) in [6.45, 7) is 0. The van der Waals surface area contributed by atoms with Gasteiger partial charge in [0.15, 0.2) is 0 Å². The molecule has 0 radical (unpaired) electrons. The molecular formula is C12H18FNO2. The highest BCUT2D eigenvalue weighted by atomic mass is 19.1. The first-order valence-corrected chi connectivity index (χ1v) is 5.51. The van der Waals surface area contributed by atoms with Gasteiger partial charge in [-0.1, -0.05) is 19.3 Å². The summed E-state index contributed by atoms with van der Waals surface area (Å²) in [5, 5.41) is 17.6. The Hall–Kier alpha value is -1.29. The molecule has 0 amide bonds. The number of halogens is 1. The van der Waals surface area contributed by atoms with Gasteiger partial charge < -0.3 is 15.9 Å². The molecule has 1 fully saturated rings. The second-order valence-electron chi connectivity index (χ2n) is 3.99. The molecular weight excluding hydrogens is 209 g/mol. The molecule has 4 N–H and O–H groups in total. The third kappa shape index (κ3) is 4.49. The van der Waals surface area contributed by atoms with Gasteiger partial charge in [-0.2, -0.15) is 0 Å². The number of hydrogen-bond acceptors (Lipinski definition) is 3. The zero-order chi connectivity index (χ0) is 12.0. The Bertz CT molecular complexity index is 325. The SMILES string of the molecule is Nc1ccc(F)cc1O.OC1CCCCC1. The van der Waals surface area contributed by atoms with Crippen LogP contribution in [0.4, 0.5) is 10.1 Å². The molecule has 0 aromatic heterocycles. The first-order valence-electron chi connectivity index (χ1n) is 5.51. The van der Waals surface area contributed by atoms with Crippen molar-refractivity contribution in [2.75, 3.05) is 5.73 Å². The van der Waals surface area contributed by atoms with Crippen LogP contribution in [-0.2, 0) is 0 Å². The zero-order valence-electron chi connectivity index (χ0n) is 9.19. The van der Waals surface area contributed by atoms with Crippen molar-refractivity contribution in [2.24, 2.45) is 0 Å². The lowest BCUT2D eigenvalue weighted by Gasteiger charge is -2.14. The van der Waals surface area contributed by atoms with Crippen molar-refractivity contribution in [3.63, 3.8) is 0 Å². The van der Waals surface area contributed by atoms with E-state index in [4.69, 9.17) is 15.9 Å². The van der Waals surface area contributed by atoms with Gasteiger partial charge in [-0.05, 0) is 25.0 Å². The number of phenols is 1. The lowest BCUT2D eigenvalue weighted by Crippen LogP contribution is -2.09. The largest absolute Gasteiger partial charge is 0.506 e. The summed E-state index contributed by atoms with van der Waals surface area (Å²) in [4.78, 5) is 0. The van der Waals surface area contributed by atoms with Crippen molar-refractivity contribution in [1.29, 1.82) is 0 Å². The summed E-state index contributed by atoms with van der Waals surface area (Å²) in [6.07, 6.45) is 5.92. The van der Waals surface area contributed by atoms with E-state index in [9.17, 15) is 4.39 Å². The van der Waals surface area contributed by atoms with Crippen LogP contribution in [0.5, 0.6) is 5.75 Å². The molecule has 4 heteroatoms. The fourth-order valence-corrected chi connectivity index (χ4v) is 1.60. The molecule has 1 aromatic carbocycles. The van der Waals surface area contributed by atoms with Gasteiger partial charge in [0.25, 0.3) is 0 Å². The van der Waals surface area contributed by atoms with Crippen LogP contribution in [-0.4, -0.2) is 16.3 Å². The van der Waals surface area contributed by atoms with Crippen LogP contribution in [0.3, 0.4) is 0 Å². The topological polar surface area (TPSA) is 66.5 Å². The van der Waals surface area contributed by atoms with Gasteiger partial charge in [-0.3, -0.25) is 0 Å². The third-order valence-electron chi connectivity index (χ3n) is 2.57. The standard InChI is InChI=1S/C6H6FNO.C6H12O/c7-4-1-2-5(8)6(9)3-4;7-6-4-2-1-3-5-6/h1-3,9H,8H2;6-7H,1-5H2. The van der Waals surface area contributed by atoms with Crippen molar-refractivity contribution < 1.29 is 14.6 Å². The molecule has 16 heavy (non-hydrogen) atoms. The molecule has 1 saturated carbocycles. The molecule has 1 aliphatic carbocycles. The summed E-state index contributed by atoms with van der Waals surface area (Å²) in [5.74, 6) is -0.697. The number of anilines is 1. The Kier molecular flexibility index (Phi) is 5.05. The summed E-state index contributed by atoms with van der Waals surface area (Å²) in [5.41, 5.74) is 5.36. The summed E-state index contributed by atoms with van der Waals surface area (Å²) in [6, 6.07) is 3.47. The van der Waals surface area contributed by atoms with Crippen molar-refractivity contribution in [1.82, 2.24) is 0 Å². The predicted octanol–water partition coefficient (Wildman–Crippen LogP) is 2.42. The Morgan fingerprint density at radius 3 is 2.19 bits per heavy atom. The summed E-state index contributed by atoms with van der Waals surface area (Å²) >= 11 is 0. The average molecular weight is 227 g/mol. The van der Waals surface area contributed by atoms with Crippen molar-refractivity contribution in [3.8, 4) is 5.75 Å². The fourth-order valence-electron chi connectivity index (χ4n) is 1.60. The Morgan fingerprint density at radius 1 is 1.19 bits per heavy atom. The van der Waals surface area contributed by atoms with Crippen LogP contribution in [0.15, 0.2) is 18.2 Å². The molecule has 90 valence electrons. The lowest BCUT2D eigenvalue weighted by atomic mass is 9.98. The van der Waals surface area contributed by atoms with E-state index in [1.807, 2.05) is 0 Å². The van der Waals surface area contributed by atoms with E-state index < -0.39 is 5.82 Å². The Morgan fingerprint density at radius 2 is 1.81 bits per heavy atom. The maximum absolute atomic E-state index is 12.1. The highest BCUT2D eigenvalue weighted by Crippen LogP contribution is 2.19. The smallest absolute Gasteiger partial charge is 0.141 e. The number of aromatic hydroxyl groups is 1. The first kappa shape index (κ1) is 12.8. The van der Waals surface area contributed by atoms with Gasteiger partial charge in [0.1, 0.15) is 11.6 Å². The second-order valence-corrected chi connectivity index (χ2v) is 3.99. The van der Waals surface area contributed by atoms with Crippen LogP contribution in [0.1, 0.15) is 32.1 Å². The van der Waals surface area contributed by atoms with E-state index in [2.05, 4.69) is 0 Å². The number of benzene rings is 1. The number of aliphatic hydroxyl groups excluding tert-OH is 1. The van der Waals surface area contributed by atoms with Crippen molar-refractivity contribution in [3.05, 3.63) is 24.0 Å². The predicted molar refractivity (Wildman–Crippen MR) is 61.6 cm³/mol. The van der Waals surface area contributed by atoms with E-state index >= 15 is 0 Å².